The lowest BCUT2D eigenvalue weighted by Crippen LogP contribution is -2.34. The molecule has 0 fully saturated rings. The summed E-state index contributed by atoms with van der Waals surface area (Å²) < 4.78 is 1.69. The molecule has 0 saturated heterocycles. The lowest BCUT2D eigenvalue weighted by atomic mass is 10.2. The van der Waals surface area contributed by atoms with E-state index in [1.165, 1.54) is 11.8 Å². The fourth-order valence-electron chi connectivity index (χ4n) is 3.63. The molecule has 0 spiro atoms. The summed E-state index contributed by atoms with van der Waals surface area (Å²) in [6, 6.07) is 15.4. The molecule has 1 amide bonds. The van der Waals surface area contributed by atoms with Crippen molar-refractivity contribution in [1.29, 1.82) is 0 Å². The van der Waals surface area contributed by atoms with Gasteiger partial charge in [-0.1, -0.05) is 43.0 Å². The SMILES string of the molecule is CC1CCN(C(=O)CSc2nc3ccccc3c(=O)n2C(C)C)c2ccccc2S1. The third kappa shape index (κ3) is 4.14. The van der Waals surface area contributed by atoms with Crippen molar-refractivity contribution in [2.75, 3.05) is 17.2 Å². The van der Waals surface area contributed by atoms with Crippen LogP contribution in [-0.2, 0) is 4.79 Å². The number of para-hydroxylation sites is 2. The number of carbonyl (C=O) groups is 1. The zero-order valence-corrected chi connectivity index (χ0v) is 19.0. The minimum atomic E-state index is -0.0594. The number of hydrogen-bond donors (Lipinski definition) is 0. The van der Waals surface area contributed by atoms with E-state index in [4.69, 9.17) is 4.98 Å². The van der Waals surface area contributed by atoms with Gasteiger partial charge in [0.1, 0.15) is 0 Å². The number of thioether (sulfide) groups is 2. The predicted octanol–water partition coefficient (Wildman–Crippen LogP) is 4.99. The van der Waals surface area contributed by atoms with E-state index < -0.39 is 0 Å². The lowest BCUT2D eigenvalue weighted by Gasteiger charge is -2.23. The number of amides is 1. The maximum absolute atomic E-state index is 13.2. The Morgan fingerprint density at radius 1 is 1.20 bits per heavy atom. The summed E-state index contributed by atoms with van der Waals surface area (Å²) in [5.41, 5.74) is 1.58. The van der Waals surface area contributed by atoms with Crippen molar-refractivity contribution in [2.45, 2.75) is 48.5 Å². The highest BCUT2D eigenvalue weighted by Gasteiger charge is 2.25. The van der Waals surface area contributed by atoms with Crippen molar-refractivity contribution >= 4 is 46.0 Å². The molecule has 2 aromatic carbocycles. The van der Waals surface area contributed by atoms with Gasteiger partial charge in [0.15, 0.2) is 5.16 Å². The normalized spacial score (nSPS) is 16.5. The van der Waals surface area contributed by atoms with Crippen molar-refractivity contribution in [2.24, 2.45) is 0 Å². The molecule has 0 N–H and O–H groups in total. The fraction of sp³-hybridized carbons (Fsp3) is 0.348. The molecule has 0 bridgehead atoms. The van der Waals surface area contributed by atoms with Crippen molar-refractivity contribution in [3.8, 4) is 0 Å². The van der Waals surface area contributed by atoms with E-state index in [0.29, 0.717) is 27.9 Å². The van der Waals surface area contributed by atoms with Crippen LogP contribution in [0.15, 0.2) is 63.4 Å². The molecule has 0 radical (unpaired) electrons. The molecule has 2 heterocycles. The van der Waals surface area contributed by atoms with Crippen LogP contribution < -0.4 is 10.5 Å². The first kappa shape index (κ1) is 21.0. The number of hydrogen-bond acceptors (Lipinski definition) is 5. The van der Waals surface area contributed by atoms with Crippen molar-refractivity contribution < 1.29 is 4.79 Å². The van der Waals surface area contributed by atoms with Crippen LogP contribution in [0, 0.1) is 0 Å². The van der Waals surface area contributed by atoms with E-state index in [9.17, 15) is 9.59 Å². The maximum Gasteiger partial charge on any atom is 0.262 e. The van der Waals surface area contributed by atoms with Gasteiger partial charge in [-0.15, -0.1) is 11.8 Å². The molecule has 1 aliphatic heterocycles. The van der Waals surface area contributed by atoms with Crippen LogP contribution in [0.5, 0.6) is 0 Å². The van der Waals surface area contributed by atoms with Crippen LogP contribution in [0.1, 0.15) is 33.2 Å². The summed E-state index contributed by atoms with van der Waals surface area (Å²) >= 11 is 3.16. The first-order chi connectivity index (χ1) is 14.5. The number of benzene rings is 2. The van der Waals surface area contributed by atoms with Gasteiger partial charge in [0, 0.05) is 22.7 Å². The minimum Gasteiger partial charge on any atom is -0.311 e. The van der Waals surface area contributed by atoms with Gasteiger partial charge in [-0.05, 0) is 44.5 Å². The van der Waals surface area contributed by atoms with Gasteiger partial charge in [-0.2, -0.15) is 0 Å². The van der Waals surface area contributed by atoms with Crippen LogP contribution in [-0.4, -0.2) is 33.0 Å². The van der Waals surface area contributed by atoms with Gasteiger partial charge in [0.2, 0.25) is 5.91 Å². The molecule has 1 unspecified atom stereocenters. The predicted molar refractivity (Wildman–Crippen MR) is 126 cm³/mol. The van der Waals surface area contributed by atoms with Crippen LogP contribution in [0.4, 0.5) is 5.69 Å². The van der Waals surface area contributed by atoms with Gasteiger partial charge >= 0.3 is 0 Å². The van der Waals surface area contributed by atoms with Crippen LogP contribution >= 0.6 is 23.5 Å². The van der Waals surface area contributed by atoms with Crippen molar-refractivity contribution in [3.05, 3.63) is 58.9 Å². The van der Waals surface area contributed by atoms with E-state index in [2.05, 4.69) is 13.0 Å². The average molecular weight is 440 g/mol. The number of fused-ring (bicyclic) bond motifs is 2. The second kappa shape index (κ2) is 8.86. The number of carbonyl (C=O) groups excluding carboxylic acids is 1. The Bertz CT molecular complexity index is 1140. The van der Waals surface area contributed by atoms with Crippen LogP contribution in [0.2, 0.25) is 0 Å². The van der Waals surface area contributed by atoms with Crippen molar-refractivity contribution in [1.82, 2.24) is 9.55 Å². The van der Waals surface area contributed by atoms with E-state index in [1.807, 2.05) is 66.9 Å². The van der Waals surface area contributed by atoms with E-state index >= 15 is 0 Å². The van der Waals surface area contributed by atoms with E-state index in [-0.39, 0.29) is 23.3 Å². The Labute approximate surface area is 184 Å². The standard InChI is InChI=1S/C23H25N3O2S2/c1-15(2)26-22(28)17-8-4-5-9-18(17)24-23(26)29-14-21(27)25-13-12-16(3)30-20-11-7-6-10-19(20)25/h4-11,15-16H,12-14H2,1-3H3. The molecule has 156 valence electrons. The van der Waals surface area contributed by atoms with Gasteiger partial charge in [-0.3, -0.25) is 14.2 Å². The summed E-state index contributed by atoms with van der Waals surface area (Å²) in [6.07, 6.45) is 0.945. The molecule has 1 aromatic heterocycles. The quantitative estimate of drug-likeness (QED) is 0.424. The van der Waals surface area contributed by atoms with E-state index in [1.54, 1.807) is 10.6 Å². The fourth-order valence-corrected chi connectivity index (χ4v) is 5.75. The topological polar surface area (TPSA) is 55.2 Å². The Balaban J connectivity index is 1.62. The Hall–Kier alpha value is -2.25. The lowest BCUT2D eigenvalue weighted by molar-refractivity contribution is -0.116. The Morgan fingerprint density at radius 3 is 2.73 bits per heavy atom. The molecular formula is C23H25N3O2S2. The molecule has 1 aliphatic rings. The largest absolute Gasteiger partial charge is 0.311 e. The molecule has 0 aliphatic carbocycles. The molecule has 4 rings (SSSR count). The first-order valence-electron chi connectivity index (χ1n) is 10.2. The molecule has 5 nitrogen and oxygen atoms in total. The molecule has 7 heteroatoms. The number of anilines is 1. The van der Waals surface area contributed by atoms with Gasteiger partial charge < -0.3 is 4.90 Å². The Kier molecular flexibility index (Phi) is 6.20. The number of aromatic nitrogens is 2. The molecular weight excluding hydrogens is 414 g/mol. The summed E-state index contributed by atoms with van der Waals surface area (Å²) in [4.78, 5) is 33.9. The highest BCUT2D eigenvalue weighted by Crippen LogP contribution is 2.37. The number of nitrogens with zero attached hydrogens (tertiary/aromatic N) is 3. The highest BCUT2D eigenvalue weighted by molar-refractivity contribution is 8.00. The smallest absolute Gasteiger partial charge is 0.262 e. The van der Waals surface area contributed by atoms with Gasteiger partial charge in [-0.25, -0.2) is 4.98 Å². The van der Waals surface area contributed by atoms with E-state index in [0.717, 1.165) is 17.0 Å². The average Bonchev–Trinajstić information content (AvgIpc) is 2.90. The summed E-state index contributed by atoms with van der Waals surface area (Å²) in [7, 11) is 0. The van der Waals surface area contributed by atoms with Gasteiger partial charge in [0.05, 0.1) is 22.3 Å². The third-order valence-electron chi connectivity index (χ3n) is 5.16. The second-order valence-corrected chi connectivity index (χ2v) is 10.1. The zero-order valence-electron chi connectivity index (χ0n) is 17.4. The molecule has 3 aromatic rings. The summed E-state index contributed by atoms with van der Waals surface area (Å²) in [5, 5.41) is 1.66. The van der Waals surface area contributed by atoms with Crippen LogP contribution in [0.25, 0.3) is 10.9 Å². The zero-order chi connectivity index (χ0) is 21.3. The highest BCUT2D eigenvalue weighted by atomic mass is 32.2. The minimum absolute atomic E-state index is 0.0385. The molecule has 0 saturated carbocycles. The van der Waals surface area contributed by atoms with Crippen molar-refractivity contribution in [3.63, 3.8) is 0 Å². The third-order valence-corrected chi connectivity index (χ3v) is 7.34. The monoisotopic (exact) mass is 439 g/mol. The summed E-state index contributed by atoms with van der Waals surface area (Å²) in [5.74, 6) is 0.282. The number of rotatable bonds is 4. The van der Waals surface area contributed by atoms with Gasteiger partial charge in [0.25, 0.3) is 5.56 Å². The maximum atomic E-state index is 13.2. The summed E-state index contributed by atoms with van der Waals surface area (Å²) in [6.45, 7) is 6.83. The second-order valence-electron chi connectivity index (χ2n) is 7.70. The molecule has 1 atom stereocenters. The molecule has 30 heavy (non-hydrogen) atoms. The first-order valence-corrected chi connectivity index (χ1v) is 12.0. The van der Waals surface area contributed by atoms with Crippen LogP contribution in [0.3, 0.4) is 0 Å². The Morgan fingerprint density at radius 2 is 1.93 bits per heavy atom.